The van der Waals surface area contributed by atoms with Gasteiger partial charge in [0.25, 0.3) is 0 Å². The molecular weight excluding hydrogens is 1600 g/mol. The lowest BCUT2D eigenvalue weighted by atomic mass is 9.85. The van der Waals surface area contributed by atoms with Crippen LogP contribution >= 0.6 is 76.9 Å². The molecule has 91 heavy (non-hydrogen) atoms. The number of nitrogens with one attached hydrogen (secondary N) is 2. The number of piperidine rings is 2. The number of hydrogen-bond donors (Lipinski definition) is 4. The maximum absolute atomic E-state index is 13.2. The molecule has 502 valence electrons. The lowest BCUT2D eigenvalue weighted by molar-refractivity contribution is -0.139. The van der Waals surface area contributed by atoms with Crippen LogP contribution in [0.15, 0.2) is 85.5 Å². The molecule has 10 rings (SSSR count). The third-order valence-corrected chi connectivity index (χ3v) is 20.4. The molecule has 0 bridgehead atoms. The molecule has 0 atom stereocenters. The monoisotopic (exact) mass is 1680 g/mol. The summed E-state index contributed by atoms with van der Waals surface area (Å²) in [5.41, 5.74) is 1.82. The van der Waals surface area contributed by atoms with Gasteiger partial charge in [0.2, 0.25) is 23.7 Å². The molecule has 2 amide bonds. The molecule has 6 heterocycles. The van der Waals surface area contributed by atoms with E-state index in [-0.39, 0.29) is 77.3 Å². The minimum atomic E-state index is -4.52. The summed E-state index contributed by atoms with van der Waals surface area (Å²) in [5, 5.41) is 8.71. The zero-order valence-electron chi connectivity index (χ0n) is 51.2. The minimum Gasteiger partial charge on any atom is -0.493 e. The first-order valence-corrected chi connectivity index (χ1v) is 43.3. The van der Waals surface area contributed by atoms with Crippen molar-refractivity contribution in [1.82, 2.24) is 38.9 Å². The van der Waals surface area contributed by atoms with Crippen molar-refractivity contribution in [2.24, 2.45) is 11.8 Å². The lowest BCUT2D eigenvalue weighted by Gasteiger charge is -2.36. The summed E-state index contributed by atoms with van der Waals surface area (Å²) >= 11 is 4.24. The van der Waals surface area contributed by atoms with Crippen molar-refractivity contribution >= 4 is 142 Å². The number of ether oxygens (including phenoxy) is 2. The van der Waals surface area contributed by atoms with E-state index in [1.54, 1.807) is 17.3 Å². The van der Waals surface area contributed by atoms with E-state index in [1.807, 2.05) is 87.1 Å². The van der Waals surface area contributed by atoms with Crippen molar-refractivity contribution in [3.8, 4) is 23.1 Å². The average molecular weight is 1680 g/mol. The largest absolute Gasteiger partial charge is 0.493 e. The molecule has 6 aromatic rings. The molecule has 26 nitrogen and oxygen atoms in total. The number of phosphoric acid groups is 2. The Labute approximate surface area is 571 Å². The van der Waals surface area contributed by atoms with E-state index in [0.717, 1.165) is 73.2 Å². The van der Waals surface area contributed by atoms with Gasteiger partial charge in [-0.05, 0) is 138 Å². The standard InChI is InChI=1S/C30H42N5O8PS.C28H38N5O8PS.I2.HI/c1-40-44(37,41-2)43-24-13-17-34(18-14-24)29(36)22-8-10-23(11-9-22)32-30-31-16-12-28(33-30)35-19-15-25-26(35)6-4-7-27(25)42-20-5-21-45(3,38)39;1-43(38,39)19-3-18-40-25-5-2-4-24-23(25)13-17-33(24)26-10-14-29-28(31-26)30-21-8-6-20(7-9-21)27(34)32-15-11-22(12-16-32)41-42(35,36)37;1-2;/h4,6-7,12,15-16,19,22-24H,5,8-11,13-14,17-18,20-21H2,1-3H3,(H,31,32,33);2,4-5,10,13-14,17,20-22H,3,6-9,11-12,15-16,18-19H2,1H3,(H,29,30,31)(H2,35,36,37);;1H. The van der Waals surface area contributed by atoms with E-state index >= 15 is 0 Å². The van der Waals surface area contributed by atoms with Crippen LogP contribution in [0.5, 0.6) is 11.5 Å². The molecule has 0 unspecified atom stereocenters. The van der Waals surface area contributed by atoms with E-state index in [1.165, 1.54) is 26.7 Å². The van der Waals surface area contributed by atoms with E-state index in [4.69, 9.17) is 47.3 Å². The van der Waals surface area contributed by atoms with Gasteiger partial charge in [-0.25, -0.2) is 35.9 Å². The molecular formula is C58H81I3N10O16P2S2. The highest BCUT2D eigenvalue weighted by molar-refractivity contribution is 15.0. The summed E-state index contributed by atoms with van der Waals surface area (Å²) in [5.74, 6) is 4.16. The maximum atomic E-state index is 13.2. The topological polar surface area (TPSA) is 324 Å². The molecule has 4 fully saturated rings. The Kier molecular flexibility index (Phi) is 28.4. The predicted octanol–water partition coefficient (Wildman–Crippen LogP) is 10.3. The Morgan fingerprint density at radius 1 is 0.582 bits per heavy atom. The number of likely N-dealkylation sites (tertiary alicyclic amines) is 2. The molecule has 2 aliphatic heterocycles. The summed E-state index contributed by atoms with van der Waals surface area (Å²) in [6, 6.07) is 19.4. The van der Waals surface area contributed by atoms with Crippen molar-refractivity contribution in [1.29, 1.82) is 0 Å². The summed E-state index contributed by atoms with van der Waals surface area (Å²) in [6.07, 6.45) is 18.1. The van der Waals surface area contributed by atoms with E-state index < -0.39 is 41.4 Å². The highest BCUT2D eigenvalue weighted by Crippen LogP contribution is 2.50. The Bertz CT molecular complexity index is 3680. The number of fused-ring (bicyclic) bond motifs is 2. The van der Waals surface area contributed by atoms with Crippen LogP contribution in [0.25, 0.3) is 33.4 Å². The SMILES string of the molecule is COP(=O)(OC)OC1CCN(C(=O)C2CCC(Nc3nccc(-n4ccc5c(OCCCS(C)(=O)=O)cccc54)n3)CC2)CC1.CS(=O)(=O)CCCOc1cccc2c1ccn2-c1ccnc(NC2CCC(C(=O)N3CCC(OP(=O)(O)O)CC3)CC2)n1.I.II. The second-order valence-corrected chi connectivity index (χ2v) is 30.4. The van der Waals surface area contributed by atoms with Crippen molar-refractivity contribution in [3.63, 3.8) is 0 Å². The molecule has 4 aliphatic rings. The third-order valence-electron chi connectivity index (χ3n) is 16.3. The van der Waals surface area contributed by atoms with E-state index in [0.29, 0.717) is 113 Å². The number of carbonyl (C=O) groups excluding carboxylic acids is 2. The Hall–Kier alpha value is -3.87. The first kappa shape index (κ1) is 74.5. The summed E-state index contributed by atoms with van der Waals surface area (Å²) in [4.78, 5) is 66.4. The van der Waals surface area contributed by atoms with Gasteiger partial charge in [-0.1, -0.05) is 12.1 Å². The number of phosphoric ester groups is 2. The Morgan fingerprint density at radius 2 is 0.967 bits per heavy atom. The van der Waals surface area contributed by atoms with Crippen molar-refractivity contribution in [2.45, 2.75) is 114 Å². The van der Waals surface area contributed by atoms with Crippen LogP contribution in [0.3, 0.4) is 0 Å². The van der Waals surface area contributed by atoms with Crippen LogP contribution in [0, 0.1) is 11.8 Å². The van der Waals surface area contributed by atoms with Gasteiger partial charge in [-0.3, -0.25) is 27.7 Å². The van der Waals surface area contributed by atoms with Gasteiger partial charge in [0.15, 0.2) is 0 Å². The highest BCUT2D eigenvalue weighted by Gasteiger charge is 2.36. The van der Waals surface area contributed by atoms with Crippen LogP contribution in [-0.4, -0.2) is 179 Å². The number of carbonyl (C=O) groups is 2. The fraction of sp³-hybridized carbons (Fsp3) is 0.552. The fourth-order valence-electron chi connectivity index (χ4n) is 11.8. The number of nitrogens with zero attached hydrogens (tertiary/aromatic N) is 8. The third kappa shape index (κ3) is 22.1. The summed E-state index contributed by atoms with van der Waals surface area (Å²) in [6.45, 7) is 2.61. The molecule has 0 radical (unpaired) electrons. The molecule has 2 saturated heterocycles. The van der Waals surface area contributed by atoms with Crippen molar-refractivity contribution in [2.75, 3.05) is 88.3 Å². The zero-order chi connectivity index (χ0) is 64.6. The maximum Gasteiger partial charge on any atom is 0.474 e. The molecule has 2 aromatic carbocycles. The van der Waals surface area contributed by atoms with Gasteiger partial charge in [-0.15, -0.1) is 24.0 Å². The quantitative estimate of drug-likeness (QED) is 0.0248. The predicted molar refractivity (Wildman–Crippen MR) is 375 cm³/mol. The fourth-order valence-corrected chi connectivity index (χ4v) is 14.6. The first-order chi connectivity index (χ1) is 43.0. The van der Waals surface area contributed by atoms with E-state index in [2.05, 4.69) is 57.8 Å². The second-order valence-electron chi connectivity index (χ2n) is 22.8. The average Bonchev–Trinajstić information content (AvgIpc) is 1.76. The van der Waals surface area contributed by atoms with Gasteiger partial charge in [0.1, 0.15) is 42.8 Å². The Morgan fingerprint density at radius 3 is 1.33 bits per heavy atom. The number of anilines is 2. The number of amides is 2. The number of halogens is 3. The molecule has 2 aliphatic carbocycles. The van der Waals surface area contributed by atoms with Gasteiger partial charge in [-0.2, -0.15) is 9.97 Å². The number of rotatable bonds is 24. The molecule has 4 aromatic heterocycles. The number of aromatic nitrogens is 6. The number of benzene rings is 2. The highest BCUT2D eigenvalue weighted by atomic mass is 128. The van der Waals surface area contributed by atoms with Crippen molar-refractivity contribution in [3.05, 3.63) is 85.5 Å². The minimum absolute atomic E-state index is 0. The van der Waals surface area contributed by atoms with Crippen LogP contribution in [-0.2, 0) is 56.5 Å². The summed E-state index contributed by atoms with van der Waals surface area (Å²) in [7, 11) is -11.5. The molecule has 0 spiro atoms. The van der Waals surface area contributed by atoms with Crippen LogP contribution in [0.4, 0.5) is 11.9 Å². The van der Waals surface area contributed by atoms with Gasteiger partial charge in [0, 0.05) is 150 Å². The first-order valence-electron chi connectivity index (χ1n) is 29.9. The van der Waals surface area contributed by atoms with Gasteiger partial charge < -0.3 is 48.8 Å². The zero-order valence-corrected chi connectivity index (χ0v) is 61.2. The van der Waals surface area contributed by atoms with E-state index in [9.17, 15) is 35.6 Å². The molecule has 4 N–H and O–H groups in total. The normalized spacial score (nSPS) is 19.5. The second kappa shape index (κ2) is 34.7. The summed E-state index contributed by atoms with van der Waals surface area (Å²) < 4.78 is 105. The van der Waals surface area contributed by atoms with Gasteiger partial charge >= 0.3 is 15.6 Å². The number of sulfone groups is 2. The van der Waals surface area contributed by atoms with Crippen molar-refractivity contribution < 1.29 is 72.9 Å². The molecule has 33 heteroatoms. The molecule has 2 saturated carbocycles. The van der Waals surface area contributed by atoms with Crippen LogP contribution in [0.1, 0.15) is 89.9 Å². The lowest BCUT2D eigenvalue weighted by Crippen LogP contribution is -2.44. The number of hydrogen-bond acceptors (Lipinski definition) is 20. The van der Waals surface area contributed by atoms with Crippen LogP contribution in [0.2, 0.25) is 0 Å². The van der Waals surface area contributed by atoms with Gasteiger partial charge in [0.05, 0.1) is 48.0 Å². The smallest absolute Gasteiger partial charge is 0.474 e. The Balaban J connectivity index is 0.000000249. The van der Waals surface area contributed by atoms with Crippen LogP contribution < -0.4 is 20.1 Å².